The molecule has 0 aliphatic carbocycles. The van der Waals surface area contributed by atoms with Gasteiger partial charge in [-0.25, -0.2) is 4.68 Å². The first-order valence-corrected chi connectivity index (χ1v) is 11.3. The predicted octanol–water partition coefficient (Wildman–Crippen LogP) is 3.82. The van der Waals surface area contributed by atoms with Crippen LogP contribution in [0.15, 0.2) is 77.9 Å². The second-order valence-corrected chi connectivity index (χ2v) is 7.95. The number of carbonyl (C=O) groups excluding carboxylic acids is 2. The Hall–Kier alpha value is -3.78. The van der Waals surface area contributed by atoms with Crippen LogP contribution in [0.5, 0.6) is 0 Å². The number of hydrogen-bond acceptors (Lipinski definition) is 5. The Kier molecular flexibility index (Phi) is 7.04. The highest BCUT2D eigenvalue weighted by atomic mass is 32.1. The van der Waals surface area contributed by atoms with E-state index in [4.69, 9.17) is 5.10 Å². The smallest absolute Gasteiger partial charge is 0.252 e. The Bertz CT molecular complexity index is 1160. The van der Waals surface area contributed by atoms with E-state index in [2.05, 4.69) is 15.6 Å². The van der Waals surface area contributed by atoms with Crippen molar-refractivity contribution in [3.05, 3.63) is 89.0 Å². The maximum Gasteiger partial charge on any atom is 0.252 e. The number of nitrogens with one attached hydrogen (secondary N) is 2. The number of amides is 2. The van der Waals surface area contributed by atoms with Gasteiger partial charge in [-0.15, -0.1) is 0 Å². The van der Waals surface area contributed by atoms with Gasteiger partial charge in [-0.05, 0) is 42.1 Å². The normalized spacial score (nSPS) is 10.6. The van der Waals surface area contributed by atoms with E-state index in [1.807, 2.05) is 58.7 Å². The molecule has 8 heteroatoms. The van der Waals surface area contributed by atoms with Crippen molar-refractivity contribution < 1.29 is 9.59 Å². The lowest BCUT2D eigenvalue weighted by Crippen LogP contribution is -2.27. The maximum absolute atomic E-state index is 12.4. The van der Waals surface area contributed by atoms with Crippen LogP contribution in [0.3, 0.4) is 0 Å². The van der Waals surface area contributed by atoms with Crippen LogP contribution in [0.25, 0.3) is 16.9 Å². The average Bonchev–Trinajstić information content (AvgIpc) is 3.52. The summed E-state index contributed by atoms with van der Waals surface area (Å²) in [5.74, 6) is -0.176. The summed E-state index contributed by atoms with van der Waals surface area (Å²) in [7, 11) is 0. The number of carbonyl (C=O) groups is 2. The highest BCUT2D eigenvalue weighted by Crippen LogP contribution is 2.23. The number of para-hydroxylation sites is 1. The van der Waals surface area contributed by atoms with Crippen molar-refractivity contribution in [3.8, 4) is 16.9 Å². The van der Waals surface area contributed by atoms with Gasteiger partial charge in [0.2, 0.25) is 5.91 Å². The molecule has 0 bridgehead atoms. The highest BCUT2D eigenvalue weighted by Gasteiger charge is 2.13. The number of rotatable bonds is 9. The van der Waals surface area contributed by atoms with Crippen LogP contribution in [-0.4, -0.2) is 33.1 Å². The first kappa shape index (κ1) is 21.5. The first-order chi connectivity index (χ1) is 15.7. The second-order valence-electron chi connectivity index (χ2n) is 7.17. The second kappa shape index (κ2) is 10.5. The van der Waals surface area contributed by atoms with Crippen LogP contribution in [0.1, 0.15) is 28.8 Å². The lowest BCUT2D eigenvalue weighted by molar-refractivity contribution is -0.121. The Morgan fingerprint density at radius 2 is 1.81 bits per heavy atom. The molecule has 2 amide bonds. The standard InChI is InChI=1S/C24H23N5O2S/c30-22(7-4-11-26-24(31)19-10-14-32-17-19)27-15-20-16-29(21-5-2-1-3-6-21)28-23(20)18-8-12-25-13-9-18/h1-3,5-6,8-10,12-14,16-17H,4,7,11,15H2,(H,26,31)(H,27,30). The topological polar surface area (TPSA) is 88.9 Å². The van der Waals surface area contributed by atoms with Gasteiger partial charge in [0.15, 0.2) is 0 Å². The fourth-order valence-corrected chi connectivity index (χ4v) is 3.87. The van der Waals surface area contributed by atoms with E-state index in [9.17, 15) is 9.59 Å². The summed E-state index contributed by atoms with van der Waals surface area (Å²) in [4.78, 5) is 28.4. The zero-order chi connectivity index (χ0) is 22.2. The average molecular weight is 446 g/mol. The summed E-state index contributed by atoms with van der Waals surface area (Å²) in [5.41, 5.74) is 4.26. The fourth-order valence-electron chi connectivity index (χ4n) is 3.23. The molecule has 3 aromatic heterocycles. The van der Waals surface area contributed by atoms with Crippen LogP contribution in [0.2, 0.25) is 0 Å². The van der Waals surface area contributed by atoms with E-state index in [-0.39, 0.29) is 11.8 Å². The molecule has 7 nitrogen and oxygen atoms in total. The highest BCUT2D eigenvalue weighted by molar-refractivity contribution is 7.08. The quantitative estimate of drug-likeness (QED) is 0.383. The summed E-state index contributed by atoms with van der Waals surface area (Å²) in [6.45, 7) is 0.820. The van der Waals surface area contributed by atoms with Gasteiger partial charge < -0.3 is 10.6 Å². The van der Waals surface area contributed by atoms with Crippen LogP contribution >= 0.6 is 11.3 Å². The summed E-state index contributed by atoms with van der Waals surface area (Å²) in [6, 6.07) is 15.4. The minimum atomic E-state index is -0.109. The minimum Gasteiger partial charge on any atom is -0.352 e. The van der Waals surface area contributed by atoms with Gasteiger partial charge >= 0.3 is 0 Å². The van der Waals surface area contributed by atoms with Gasteiger partial charge in [0.25, 0.3) is 5.91 Å². The largest absolute Gasteiger partial charge is 0.352 e. The third-order valence-electron chi connectivity index (χ3n) is 4.89. The molecule has 0 fully saturated rings. The van der Waals surface area contributed by atoms with E-state index >= 15 is 0 Å². The summed E-state index contributed by atoms with van der Waals surface area (Å²) < 4.78 is 1.82. The maximum atomic E-state index is 12.4. The summed E-state index contributed by atoms with van der Waals surface area (Å²) in [5, 5.41) is 14.2. The molecule has 3 heterocycles. The lowest BCUT2D eigenvalue weighted by atomic mass is 10.1. The lowest BCUT2D eigenvalue weighted by Gasteiger charge is -2.06. The van der Waals surface area contributed by atoms with Crippen LogP contribution in [0.4, 0.5) is 0 Å². The number of nitrogens with zero attached hydrogens (tertiary/aromatic N) is 3. The third kappa shape index (κ3) is 5.47. The van der Waals surface area contributed by atoms with Gasteiger partial charge in [0, 0.05) is 60.2 Å². The molecule has 0 atom stereocenters. The molecule has 0 saturated heterocycles. The number of thiophene rings is 1. The molecule has 2 N–H and O–H groups in total. The van der Waals surface area contributed by atoms with Crippen molar-refractivity contribution in [2.75, 3.05) is 6.54 Å². The molecule has 1 aromatic carbocycles. The first-order valence-electron chi connectivity index (χ1n) is 10.3. The minimum absolute atomic E-state index is 0.0667. The third-order valence-corrected chi connectivity index (χ3v) is 5.57. The SMILES string of the molecule is O=C(CCCNC(=O)c1ccsc1)NCc1cn(-c2ccccc2)nc1-c1ccncc1. The number of benzene rings is 1. The molecular weight excluding hydrogens is 422 g/mol. The van der Waals surface area contributed by atoms with Crippen molar-refractivity contribution in [1.29, 1.82) is 0 Å². The van der Waals surface area contributed by atoms with Crippen LogP contribution in [0, 0.1) is 0 Å². The van der Waals surface area contributed by atoms with E-state index in [0.717, 1.165) is 22.5 Å². The van der Waals surface area contributed by atoms with Gasteiger partial charge in [0.05, 0.1) is 11.4 Å². The van der Waals surface area contributed by atoms with E-state index in [1.54, 1.807) is 23.8 Å². The number of pyridine rings is 1. The van der Waals surface area contributed by atoms with E-state index < -0.39 is 0 Å². The molecule has 0 unspecified atom stereocenters. The summed E-state index contributed by atoms with van der Waals surface area (Å²) in [6.07, 6.45) is 6.29. The van der Waals surface area contributed by atoms with Gasteiger partial charge in [0.1, 0.15) is 0 Å². The van der Waals surface area contributed by atoms with Crippen molar-refractivity contribution in [2.24, 2.45) is 0 Å². The molecule has 4 aromatic rings. The Morgan fingerprint density at radius 3 is 2.56 bits per heavy atom. The van der Waals surface area contributed by atoms with Crippen molar-refractivity contribution in [1.82, 2.24) is 25.4 Å². The van der Waals surface area contributed by atoms with Crippen molar-refractivity contribution in [3.63, 3.8) is 0 Å². The van der Waals surface area contributed by atoms with Crippen LogP contribution < -0.4 is 10.6 Å². The van der Waals surface area contributed by atoms with Crippen molar-refractivity contribution >= 4 is 23.2 Å². The molecule has 0 radical (unpaired) electrons. The fraction of sp³-hybridized carbons (Fsp3) is 0.167. The molecule has 32 heavy (non-hydrogen) atoms. The van der Waals surface area contributed by atoms with E-state index in [1.165, 1.54) is 11.3 Å². The molecule has 0 spiro atoms. The zero-order valence-electron chi connectivity index (χ0n) is 17.4. The van der Waals surface area contributed by atoms with Gasteiger partial charge in [-0.2, -0.15) is 16.4 Å². The number of aromatic nitrogens is 3. The molecular formula is C24H23N5O2S. The van der Waals surface area contributed by atoms with E-state index in [0.29, 0.717) is 31.5 Å². The monoisotopic (exact) mass is 445 g/mol. The van der Waals surface area contributed by atoms with Gasteiger partial charge in [-0.3, -0.25) is 14.6 Å². The predicted molar refractivity (Wildman–Crippen MR) is 125 cm³/mol. The molecule has 0 saturated carbocycles. The van der Waals surface area contributed by atoms with Crippen molar-refractivity contribution in [2.45, 2.75) is 19.4 Å². The Labute approximate surface area is 190 Å². The molecule has 4 rings (SSSR count). The van der Waals surface area contributed by atoms with Crippen LogP contribution in [-0.2, 0) is 11.3 Å². The zero-order valence-corrected chi connectivity index (χ0v) is 18.2. The van der Waals surface area contributed by atoms with Gasteiger partial charge in [-0.1, -0.05) is 18.2 Å². The Balaban J connectivity index is 1.35. The Morgan fingerprint density at radius 1 is 1.00 bits per heavy atom. The summed E-state index contributed by atoms with van der Waals surface area (Å²) >= 11 is 1.48. The molecule has 0 aliphatic heterocycles. The number of hydrogen-bond donors (Lipinski definition) is 2. The molecule has 162 valence electrons. The molecule has 0 aliphatic rings.